The molecular weight excluding hydrogens is 271 g/mol. The van der Waals surface area contributed by atoms with Crippen molar-refractivity contribution in [3.63, 3.8) is 0 Å². The van der Waals surface area contributed by atoms with E-state index in [0.717, 1.165) is 23.7 Å². The fourth-order valence-electron chi connectivity index (χ4n) is 0.700. The molecule has 0 atom stereocenters. The van der Waals surface area contributed by atoms with Gasteiger partial charge in [0.15, 0.2) is 0 Å². The summed E-state index contributed by atoms with van der Waals surface area (Å²) in [5.41, 5.74) is 0. The van der Waals surface area contributed by atoms with Crippen molar-refractivity contribution >= 4 is 28.6 Å². The second kappa shape index (κ2) is 9.25. The average molecular weight is 286 g/mol. The van der Waals surface area contributed by atoms with Gasteiger partial charge in [0, 0.05) is 10.8 Å². The standard InChI is InChI=1S/C8H15IO3/c1-2-3-4-5-8(10)12-11-7-6-9/h2-7H2,1H3. The summed E-state index contributed by atoms with van der Waals surface area (Å²) < 4.78 is 0.833. The number of alkyl halides is 1. The second-order valence-corrected chi connectivity index (χ2v) is 3.50. The summed E-state index contributed by atoms with van der Waals surface area (Å²) in [7, 11) is 0. The van der Waals surface area contributed by atoms with Gasteiger partial charge < -0.3 is 0 Å². The maximum atomic E-state index is 10.8. The van der Waals surface area contributed by atoms with Crippen LogP contribution in [-0.4, -0.2) is 17.0 Å². The van der Waals surface area contributed by atoms with E-state index in [0.29, 0.717) is 13.0 Å². The van der Waals surface area contributed by atoms with E-state index < -0.39 is 0 Å². The van der Waals surface area contributed by atoms with Crippen LogP contribution >= 0.6 is 22.6 Å². The molecule has 0 aromatic carbocycles. The molecule has 0 N–H and O–H groups in total. The fourth-order valence-corrected chi connectivity index (χ4v) is 0.880. The predicted molar refractivity (Wildman–Crippen MR) is 55.1 cm³/mol. The summed E-state index contributed by atoms with van der Waals surface area (Å²) in [6.07, 6.45) is 3.54. The van der Waals surface area contributed by atoms with Crippen LogP contribution in [0.2, 0.25) is 0 Å². The molecule has 0 aliphatic heterocycles. The number of hydrogen-bond acceptors (Lipinski definition) is 3. The normalized spacial score (nSPS) is 9.83. The van der Waals surface area contributed by atoms with Gasteiger partial charge in [-0.2, -0.15) is 4.89 Å². The Balaban J connectivity index is 3.10. The number of carbonyl (C=O) groups is 1. The first-order valence-corrected chi connectivity index (χ1v) is 5.72. The zero-order chi connectivity index (χ0) is 9.23. The van der Waals surface area contributed by atoms with E-state index in [-0.39, 0.29) is 5.97 Å². The predicted octanol–water partition coefficient (Wildman–Crippen LogP) is 2.48. The van der Waals surface area contributed by atoms with Gasteiger partial charge in [-0.1, -0.05) is 42.4 Å². The van der Waals surface area contributed by atoms with Crippen LogP contribution in [0.15, 0.2) is 0 Å². The SMILES string of the molecule is CCCCCC(=O)OOCCI. The average Bonchev–Trinajstić information content (AvgIpc) is 2.06. The van der Waals surface area contributed by atoms with Crippen molar-refractivity contribution in [2.45, 2.75) is 32.6 Å². The Bertz CT molecular complexity index is 105. The molecule has 0 fully saturated rings. The molecule has 0 heterocycles. The maximum Gasteiger partial charge on any atom is 0.342 e. The molecule has 0 rings (SSSR count). The first-order valence-electron chi connectivity index (χ1n) is 4.19. The lowest BCUT2D eigenvalue weighted by Gasteiger charge is -2.00. The van der Waals surface area contributed by atoms with Crippen molar-refractivity contribution in [2.24, 2.45) is 0 Å². The van der Waals surface area contributed by atoms with Gasteiger partial charge in [0.2, 0.25) is 0 Å². The first-order chi connectivity index (χ1) is 5.81. The summed E-state index contributed by atoms with van der Waals surface area (Å²) >= 11 is 2.15. The number of unbranched alkanes of at least 4 members (excludes halogenated alkanes) is 2. The molecule has 0 aliphatic carbocycles. The van der Waals surface area contributed by atoms with Crippen LogP contribution < -0.4 is 0 Å². The Labute approximate surface area is 86.9 Å². The van der Waals surface area contributed by atoms with E-state index in [1.165, 1.54) is 0 Å². The van der Waals surface area contributed by atoms with Gasteiger partial charge in [-0.3, -0.25) is 4.89 Å². The largest absolute Gasteiger partial charge is 0.342 e. The van der Waals surface area contributed by atoms with Crippen molar-refractivity contribution in [3.05, 3.63) is 0 Å². The van der Waals surface area contributed by atoms with Crippen LogP contribution in [0.25, 0.3) is 0 Å². The summed E-state index contributed by atoms with van der Waals surface area (Å²) in [6, 6.07) is 0. The third kappa shape index (κ3) is 8.26. The number of rotatable bonds is 7. The molecule has 72 valence electrons. The van der Waals surface area contributed by atoms with Gasteiger partial charge in [0.25, 0.3) is 0 Å². The Morgan fingerprint density at radius 1 is 1.42 bits per heavy atom. The first kappa shape index (κ1) is 12.2. The van der Waals surface area contributed by atoms with Crippen molar-refractivity contribution in [2.75, 3.05) is 11.0 Å². The van der Waals surface area contributed by atoms with Gasteiger partial charge >= 0.3 is 5.97 Å². The minimum absolute atomic E-state index is 0.256. The molecule has 4 heteroatoms. The lowest BCUT2D eigenvalue weighted by molar-refractivity contribution is -0.268. The third-order valence-electron chi connectivity index (χ3n) is 1.30. The number of hydrogen-bond donors (Lipinski definition) is 0. The Kier molecular flexibility index (Phi) is 9.37. The summed E-state index contributed by atoms with van der Waals surface area (Å²) in [5.74, 6) is -0.256. The van der Waals surface area contributed by atoms with Gasteiger partial charge in [-0.15, -0.1) is 0 Å². The van der Waals surface area contributed by atoms with Crippen LogP contribution in [0.3, 0.4) is 0 Å². The molecule has 0 spiro atoms. The highest BCUT2D eigenvalue weighted by Crippen LogP contribution is 2.00. The van der Waals surface area contributed by atoms with Gasteiger partial charge in [0.05, 0.1) is 0 Å². The van der Waals surface area contributed by atoms with Crippen molar-refractivity contribution in [1.29, 1.82) is 0 Å². The smallest absolute Gasteiger partial charge is 0.298 e. The van der Waals surface area contributed by atoms with Crippen LogP contribution in [0.4, 0.5) is 0 Å². The highest BCUT2D eigenvalue weighted by molar-refractivity contribution is 14.1. The number of halogens is 1. The summed E-state index contributed by atoms with van der Waals surface area (Å²) in [4.78, 5) is 19.9. The van der Waals surface area contributed by atoms with Gasteiger partial charge in [0.1, 0.15) is 6.61 Å². The molecule has 0 radical (unpaired) electrons. The highest BCUT2D eigenvalue weighted by Gasteiger charge is 2.02. The summed E-state index contributed by atoms with van der Waals surface area (Å²) in [5, 5.41) is 0. The van der Waals surface area contributed by atoms with Crippen LogP contribution in [0.1, 0.15) is 32.6 Å². The van der Waals surface area contributed by atoms with Crippen LogP contribution in [0.5, 0.6) is 0 Å². The second-order valence-electron chi connectivity index (χ2n) is 2.42. The molecule has 3 nitrogen and oxygen atoms in total. The van der Waals surface area contributed by atoms with Gasteiger partial charge in [-0.25, -0.2) is 4.79 Å². The molecule has 0 amide bonds. The third-order valence-corrected chi connectivity index (χ3v) is 1.74. The van der Waals surface area contributed by atoms with E-state index in [1.54, 1.807) is 0 Å². The zero-order valence-electron chi connectivity index (χ0n) is 7.35. The molecular formula is C8H15IO3. The number of carbonyl (C=O) groups excluding carboxylic acids is 1. The van der Waals surface area contributed by atoms with Crippen LogP contribution in [-0.2, 0) is 14.6 Å². The molecule has 0 aromatic rings. The molecule has 12 heavy (non-hydrogen) atoms. The molecule has 0 bridgehead atoms. The summed E-state index contributed by atoms with van der Waals surface area (Å²) in [6.45, 7) is 2.57. The van der Waals surface area contributed by atoms with Crippen molar-refractivity contribution in [3.8, 4) is 0 Å². The van der Waals surface area contributed by atoms with Gasteiger partial charge in [-0.05, 0) is 6.42 Å². The van der Waals surface area contributed by atoms with Crippen molar-refractivity contribution in [1.82, 2.24) is 0 Å². The zero-order valence-corrected chi connectivity index (χ0v) is 9.50. The molecule has 0 saturated heterocycles. The minimum atomic E-state index is -0.256. The van der Waals surface area contributed by atoms with Crippen molar-refractivity contribution < 1.29 is 14.6 Å². The van der Waals surface area contributed by atoms with Crippen LogP contribution in [0, 0.1) is 0 Å². The molecule has 0 unspecified atom stereocenters. The van der Waals surface area contributed by atoms with E-state index in [2.05, 4.69) is 39.3 Å². The maximum absolute atomic E-state index is 10.8. The lowest BCUT2D eigenvalue weighted by Crippen LogP contribution is -2.06. The highest BCUT2D eigenvalue weighted by atomic mass is 127. The molecule has 0 aliphatic rings. The Morgan fingerprint density at radius 2 is 2.17 bits per heavy atom. The van der Waals surface area contributed by atoms with E-state index >= 15 is 0 Å². The lowest BCUT2D eigenvalue weighted by atomic mass is 10.2. The van der Waals surface area contributed by atoms with E-state index in [1.807, 2.05) is 0 Å². The topological polar surface area (TPSA) is 35.5 Å². The Hall–Kier alpha value is 0.160. The minimum Gasteiger partial charge on any atom is -0.298 e. The monoisotopic (exact) mass is 286 g/mol. The molecule has 0 saturated carbocycles. The Morgan fingerprint density at radius 3 is 2.75 bits per heavy atom. The molecule has 0 aromatic heterocycles. The fraction of sp³-hybridized carbons (Fsp3) is 0.875. The van der Waals surface area contributed by atoms with E-state index in [9.17, 15) is 4.79 Å². The quantitative estimate of drug-likeness (QED) is 0.237. The van der Waals surface area contributed by atoms with E-state index in [4.69, 9.17) is 0 Å².